The predicted octanol–water partition coefficient (Wildman–Crippen LogP) is 2.22. The molecule has 17 heavy (non-hydrogen) atoms. The van der Waals surface area contributed by atoms with Crippen molar-refractivity contribution in [3.63, 3.8) is 0 Å². The van der Waals surface area contributed by atoms with Crippen LogP contribution in [0, 0.1) is 0 Å². The summed E-state index contributed by atoms with van der Waals surface area (Å²) in [7, 11) is 5.54. The van der Waals surface area contributed by atoms with E-state index in [1.54, 1.807) is 7.11 Å². The number of hydrogen-bond donors (Lipinski definition) is 0. The second kappa shape index (κ2) is 4.82. The summed E-state index contributed by atoms with van der Waals surface area (Å²) in [6.45, 7) is 0. The minimum atomic E-state index is 0.839. The van der Waals surface area contributed by atoms with Crippen LogP contribution in [0.1, 0.15) is 0 Å². The Morgan fingerprint density at radius 2 is 1.65 bits per heavy atom. The normalized spacial score (nSPS) is 10.1. The van der Waals surface area contributed by atoms with E-state index in [1.807, 2.05) is 55.4 Å². The number of aromatic nitrogens is 2. The van der Waals surface area contributed by atoms with Crippen molar-refractivity contribution in [2.45, 2.75) is 0 Å². The maximum atomic E-state index is 5.11. The van der Waals surface area contributed by atoms with Gasteiger partial charge in [-0.15, -0.1) is 10.2 Å². The first kappa shape index (κ1) is 11.4. The van der Waals surface area contributed by atoms with Gasteiger partial charge in [0.25, 0.3) is 0 Å². The van der Waals surface area contributed by atoms with Crippen LogP contribution in [0.25, 0.3) is 11.3 Å². The summed E-state index contributed by atoms with van der Waals surface area (Å²) in [6, 6.07) is 11.7. The summed E-state index contributed by atoms with van der Waals surface area (Å²) in [6.07, 6.45) is 0. The van der Waals surface area contributed by atoms with Crippen LogP contribution < -0.4 is 9.64 Å². The molecule has 0 amide bonds. The van der Waals surface area contributed by atoms with E-state index >= 15 is 0 Å². The van der Waals surface area contributed by atoms with Gasteiger partial charge in [0.05, 0.1) is 12.8 Å². The Kier molecular flexibility index (Phi) is 3.23. The summed E-state index contributed by atoms with van der Waals surface area (Å²) >= 11 is 0. The third-order valence-corrected chi connectivity index (χ3v) is 2.49. The van der Waals surface area contributed by atoms with Crippen LogP contribution in [-0.2, 0) is 0 Å². The lowest BCUT2D eigenvalue weighted by Gasteiger charge is -2.10. The van der Waals surface area contributed by atoms with Crippen molar-refractivity contribution in [1.29, 1.82) is 0 Å². The van der Waals surface area contributed by atoms with E-state index in [2.05, 4.69) is 10.2 Å². The molecule has 0 fully saturated rings. The van der Waals surface area contributed by atoms with Gasteiger partial charge in [-0.05, 0) is 36.4 Å². The molecule has 1 aromatic carbocycles. The fourth-order valence-electron chi connectivity index (χ4n) is 1.48. The fourth-order valence-corrected chi connectivity index (χ4v) is 1.48. The molecule has 2 aromatic rings. The van der Waals surface area contributed by atoms with Crippen molar-refractivity contribution in [3.8, 4) is 17.0 Å². The summed E-state index contributed by atoms with van der Waals surface area (Å²) in [5.41, 5.74) is 1.89. The van der Waals surface area contributed by atoms with Crippen molar-refractivity contribution in [3.05, 3.63) is 36.4 Å². The molecule has 0 aliphatic heterocycles. The van der Waals surface area contributed by atoms with Gasteiger partial charge in [-0.1, -0.05) is 0 Å². The first-order chi connectivity index (χ1) is 8.20. The Labute approximate surface area is 101 Å². The average Bonchev–Trinajstić information content (AvgIpc) is 2.39. The van der Waals surface area contributed by atoms with Crippen molar-refractivity contribution in [2.24, 2.45) is 0 Å². The number of ether oxygens (including phenoxy) is 1. The highest BCUT2D eigenvalue weighted by Crippen LogP contribution is 2.20. The van der Waals surface area contributed by atoms with E-state index in [0.717, 1.165) is 22.8 Å². The highest BCUT2D eigenvalue weighted by molar-refractivity contribution is 5.60. The van der Waals surface area contributed by atoms with Crippen molar-refractivity contribution < 1.29 is 4.74 Å². The zero-order valence-electron chi connectivity index (χ0n) is 10.2. The van der Waals surface area contributed by atoms with E-state index in [0.29, 0.717) is 0 Å². The fraction of sp³-hybridized carbons (Fsp3) is 0.231. The summed E-state index contributed by atoms with van der Waals surface area (Å²) in [4.78, 5) is 1.92. The van der Waals surface area contributed by atoms with Crippen molar-refractivity contribution in [1.82, 2.24) is 10.2 Å². The molecule has 4 heteroatoms. The van der Waals surface area contributed by atoms with Gasteiger partial charge < -0.3 is 9.64 Å². The molecule has 0 unspecified atom stereocenters. The lowest BCUT2D eigenvalue weighted by molar-refractivity contribution is 0.415. The molecule has 0 bridgehead atoms. The topological polar surface area (TPSA) is 38.2 Å². The largest absolute Gasteiger partial charge is 0.497 e. The van der Waals surface area contributed by atoms with Gasteiger partial charge in [-0.3, -0.25) is 0 Å². The number of methoxy groups -OCH3 is 1. The van der Waals surface area contributed by atoms with Gasteiger partial charge in [-0.25, -0.2) is 0 Å². The first-order valence-electron chi connectivity index (χ1n) is 5.36. The zero-order chi connectivity index (χ0) is 12.3. The van der Waals surface area contributed by atoms with Gasteiger partial charge in [-0.2, -0.15) is 0 Å². The third kappa shape index (κ3) is 2.53. The van der Waals surface area contributed by atoms with Crippen LogP contribution in [0.2, 0.25) is 0 Å². The van der Waals surface area contributed by atoms with Gasteiger partial charge in [0.1, 0.15) is 5.75 Å². The average molecular weight is 229 g/mol. The monoisotopic (exact) mass is 229 g/mol. The molecule has 88 valence electrons. The lowest BCUT2D eigenvalue weighted by atomic mass is 10.1. The molecule has 0 atom stereocenters. The molecule has 4 nitrogen and oxygen atoms in total. The van der Waals surface area contributed by atoms with Gasteiger partial charge in [0, 0.05) is 19.7 Å². The molecular formula is C13H15N3O. The lowest BCUT2D eigenvalue weighted by Crippen LogP contribution is -2.11. The quantitative estimate of drug-likeness (QED) is 0.809. The van der Waals surface area contributed by atoms with Gasteiger partial charge in [0.15, 0.2) is 5.82 Å². The van der Waals surface area contributed by atoms with Crippen LogP contribution in [0.3, 0.4) is 0 Å². The van der Waals surface area contributed by atoms with Crippen LogP contribution in [0.15, 0.2) is 36.4 Å². The van der Waals surface area contributed by atoms with Crippen LogP contribution in [0.5, 0.6) is 5.75 Å². The maximum Gasteiger partial charge on any atom is 0.150 e. The van der Waals surface area contributed by atoms with Gasteiger partial charge >= 0.3 is 0 Å². The summed E-state index contributed by atoms with van der Waals surface area (Å²) < 4.78 is 5.11. The molecular weight excluding hydrogens is 214 g/mol. The summed E-state index contributed by atoms with van der Waals surface area (Å²) in [5, 5.41) is 8.34. The molecule has 0 aliphatic carbocycles. The predicted molar refractivity (Wildman–Crippen MR) is 68.3 cm³/mol. The standard InChI is InChI=1S/C13H15N3O/c1-16(2)13-9-8-12(14-15-13)10-4-6-11(17-3)7-5-10/h4-9H,1-3H3. The van der Waals surface area contributed by atoms with E-state index in [-0.39, 0.29) is 0 Å². The number of rotatable bonds is 3. The molecule has 0 radical (unpaired) electrons. The first-order valence-corrected chi connectivity index (χ1v) is 5.36. The number of anilines is 1. The molecule has 1 heterocycles. The second-order valence-electron chi connectivity index (χ2n) is 3.90. The Bertz CT molecular complexity index is 477. The van der Waals surface area contributed by atoms with Gasteiger partial charge in [0.2, 0.25) is 0 Å². The van der Waals surface area contributed by atoms with Crippen molar-refractivity contribution >= 4 is 5.82 Å². The van der Waals surface area contributed by atoms with Crippen LogP contribution in [-0.4, -0.2) is 31.4 Å². The smallest absolute Gasteiger partial charge is 0.150 e. The van der Waals surface area contributed by atoms with E-state index in [9.17, 15) is 0 Å². The van der Waals surface area contributed by atoms with E-state index < -0.39 is 0 Å². The maximum absolute atomic E-state index is 5.11. The van der Waals surface area contributed by atoms with E-state index in [4.69, 9.17) is 4.74 Å². The highest BCUT2D eigenvalue weighted by atomic mass is 16.5. The van der Waals surface area contributed by atoms with Crippen LogP contribution in [0.4, 0.5) is 5.82 Å². The SMILES string of the molecule is COc1ccc(-c2ccc(N(C)C)nn2)cc1. The third-order valence-electron chi connectivity index (χ3n) is 2.49. The molecule has 0 N–H and O–H groups in total. The molecule has 2 rings (SSSR count). The Morgan fingerprint density at radius 1 is 0.941 bits per heavy atom. The molecule has 0 spiro atoms. The Hall–Kier alpha value is -2.10. The number of hydrogen-bond acceptors (Lipinski definition) is 4. The Balaban J connectivity index is 2.26. The highest BCUT2D eigenvalue weighted by Gasteiger charge is 2.02. The van der Waals surface area contributed by atoms with Crippen LogP contribution >= 0.6 is 0 Å². The number of benzene rings is 1. The molecule has 0 saturated carbocycles. The molecule has 0 saturated heterocycles. The second-order valence-corrected chi connectivity index (χ2v) is 3.90. The minimum Gasteiger partial charge on any atom is -0.497 e. The number of nitrogens with zero attached hydrogens (tertiary/aromatic N) is 3. The Morgan fingerprint density at radius 3 is 2.12 bits per heavy atom. The van der Waals surface area contributed by atoms with Crippen molar-refractivity contribution in [2.75, 3.05) is 26.1 Å². The molecule has 1 aromatic heterocycles. The summed E-state index contributed by atoms with van der Waals surface area (Å²) in [5.74, 6) is 1.69. The minimum absolute atomic E-state index is 0.839. The zero-order valence-corrected chi connectivity index (χ0v) is 10.2. The van der Waals surface area contributed by atoms with E-state index in [1.165, 1.54) is 0 Å². The molecule has 0 aliphatic rings.